The van der Waals surface area contributed by atoms with Crippen LogP contribution in [0.25, 0.3) is 0 Å². The zero-order valence-electron chi connectivity index (χ0n) is 23.3. The number of halogens is 2. The van der Waals surface area contributed by atoms with Crippen molar-refractivity contribution in [3.8, 4) is 0 Å². The van der Waals surface area contributed by atoms with Crippen molar-refractivity contribution < 1.29 is 18.0 Å². The highest BCUT2D eigenvalue weighted by atomic mass is 35.5. The van der Waals surface area contributed by atoms with Crippen molar-refractivity contribution in [2.75, 3.05) is 13.6 Å². The van der Waals surface area contributed by atoms with Crippen molar-refractivity contribution in [2.45, 2.75) is 57.1 Å². The molecule has 7 nitrogen and oxygen atoms in total. The van der Waals surface area contributed by atoms with Crippen LogP contribution in [0.4, 0.5) is 0 Å². The monoisotopic (exact) mass is 603 g/mol. The van der Waals surface area contributed by atoms with E-state index in [9.17, 15) is 18.0 Å². The molecule has 0 bridgehead atoms. The molecule has 1 N–H and O–H groups in total. The third-order valence-corrected chi connectivity index (χ3v) is 8.77. The number of carbonyl (C=O) groups is 2. The predicted molar refractivity (Wildman–Crippen MR) is 160 cm³/mol. The third kappa shape index (κ3) is 8.30. The maximum atomic E-state index is 14.0. The second kappa shape index (κ2) is 13.2. The van der Waals surface area contributed by atoms with Crippen LogP contribution in [0.2, 0.25) is 10.0 Å². The lowest BCUT2D eigenvalue weighted by Gasteiger charge is -2.35. The molecule has 0 unspecified atom stereocenters. The van der Waals surface area contributed by atoms with Gasteiger partial charge in [-0.15, -0.1) is 0 Å². The van der Waals surface area contributed by atoms with Gasteiger partial charge < -0.3 is 10.2 Å². The largest absolute Gasteiger partial charge is 0.350 e. The first-order valence-corrected chi connectivity index (χ1v) is 15.0. The highest BCUT2D eigenvalue weighted by Gasteiger charge is 2.35. The van der Waals surface area contributed by atoms with Crippen molar-refractivity contribution in [2.24, 2.45) is 0 Å². The average Bonchev–Trinajstić information content (AvgIpc) is 2.87. The van der Waals surface area contributed by atoms with Gasteiger partial charge in [-0.2, -0.15) is 4.31 Å². The van der Waals surface area contributed by atoms with Gasteiger partial charge in [0.2, 0.25) is 21.8 Å². The number of carbonyl (C=O) groups excluding carboxylic acids is 2. The minimum absolute atomic E-state index is 0.0698. The smallest absolute Gasteiger partial charge is 0.243 e. The Bertz CT molecular complexity index is 1420. The molecule has 40 heavy (non-hydrogen) atoms. The summed E-state index contributed by atoms with van der Waals surface area (Å²) in [5, 5.41) is 3.64. The van der Waals surface area contributed by atoms with Crippen LogP contribution in [-0.2, 0) is 32.6 Å². The highest BCUT2D eigenvalue weighted by molar-refractivity contribution is 7.89. The summed E-state index contributed by atoms with van der Waals surface area (Å²) in [6.07, 6.45) is 0.199. The van der Waals surface area contributed by atoms with E-state index in [0.29, 0.717) is 15.6 Å². The zero-order valence-corrected chi connectivity index (χ0v) is 25.6. The minimum atomic E-state index is -3.97. The van der Waals surface area contributed by atoms with Crippen molar-refractivity contribution in [3.05, 3.63) is 99.5 Å². The van der Waals surface area contributed by atoms with Gasteiger partial charge in [-0.05, 0) is 57.5 Å². The Kier molecular flexibility index (Phi) is 10.4. The maximum Gasteiger partial charge on any atom is 0.243 e. The summed E-state index contributed by atoms with van der Waals surface area (Å²) in [5.41, 5.74) is 1.63. The van der Waals surface area contributed by atoms with Crippen molar-refractivity contribution >= 4 is 45.0 Å². The molecule has 3 aromatic rings. The van der Waals surface area contributed by atoms with Gasteiger partial charge in [-0.3, -0.25) is 9.59 Å². The van der Waals surface area contributed by atoms with Crippen LogP contribution in [0, 0.1) is 6.92 Å². The number of rotatable bonds is 10. The molecule has 0 aliphatic rings. The van der Waals surface area contributed by atoms with Gasteiger partial charge in [0, 0.05) is 41.2 Å². The molecule has 0 radical (unpaired) electrons. The fraction of sp³-hybridized carbons (Fsp3) is 0.333. The summed E-state index contributed by atoms with van der Waals surface area (Å²) in [6, 6.07) is 19.7. The Labute approximate surface area is 247 Å². The van der Waals surface area contributed by atoms with Crippen molar-refractivity contribution in [1.29, 1.82) is 0 Å². The fourth-order valence-electron chi connectivity index (χ4n) is 4.12. The summed E-state index contributed by atoms with van der Waals surface area (Å²) < 4.78 is 27.6. The summed E-state index contributed by atoms with van der Waals surface area (Å²) in [4.78, 5) is 29.1. The molecule has 10 heteroatoms. The van der Waals surface area contributed by atoms with Crippen LogP contribution in [0.1, 0.15) is 37.5 Å². The Hall–Kier alpha value is -2.91. The molecule has 0 aliphatic heterocycles. The lowest BCUT2D eigenvalue weighted by atomic mass is 10.0. The number of amides is 2. The van der Waals surface area contributed by atoms with Gasteiger partial charge in [-0.25, -0.2) is 8.42 Å². The first-order chi connectivity index (χ1) is 18.7. The summed E-state index contributed by atoms with van der Waals surface area (Å²) in [5.74, 6) is -0.948. The van der Waals surface area contributed by atoms with E-state index in [1.165, 1.54) is 24.1 Å². The molecule has 3 aromatic carbocycles. The first-order valence-electron chi connectivity index (χ1n) is 12.8. The van der Waals surface area contributed by atoms with Crippen LogP contribution in [0.15, 0.2) is 77.7 Å². The van der Waals surface area contributed by atoms with Crippen LogP contribution >= 0.6 is 23.2 Å². The van der Waals surface area contributed by atoms with E-state index < -0.39 is 34.1 Å². The molecule has 214 valence electrons. The Morgan fingerprint density at radius 1 is 0.900 bits per heavy atom. The molecule has 3 rings (SSSR count). The molecule has 0 aliphatic carbocycles. The summed E-state index contributed by atoms with van der Waals surface area (Å²) in [7, 11) is -2.63. The van der Waals surface area contributed by atoms with Gasteiger partial charge in [0.15, 0.2) is 0 Å². The summed E-state index contributed by atoms with van der Waals surface area (Å²) >= 11 is 12.9. The topological polar surface area (TPSA) is 86.8 Å². The van der Waals surface area contributed by atoms with E-state index in [-0.39, 0.29) is 23.8 Å². The Morgan fingerprint density at radius 3 is 2.02 bits per heavy atom. The van der Waals surface area contributed by atoms with Crippen LogP contribution in [0.5, 0.6) is 0 Å². The second-order valence-corrected chi connectivity index (χ2v) is 13.6. The maximum absolute atomic E-state index is 14.0. The molecule has 0 heterocycles. The number of likely N-dealkylation sites (N-methyl/N-ethyl adjacent to an activating group) is 1. The number of hydrogen-bond donors (Lipinski definition) is 1. The summed E-state index contributed by atoms with van der Waals surface area (Å²) in [6.45, 7) is 6.82. The number of nitrogens with zero attached hydrogens (tertiary/aromatic N) is 2. The standard InChI is InChI=1S/C30H35Cl2N3O4S/c1-21-14-16-23(17-15-21)40(38,39)34(5)20-28(36)35(19-24-25(31)12-9-13-26(24)32)27(29(37)33-30(2,3)4)18-22-10-7-6-8-11-22/h6-17,27H,18-20H2,1-5H3,(H,33,37)/t27-/m0/s1. The number of sulfonamides is 1. The van der Waals surface area contributed by atoms with E-state index in [1.807, 2.05) is 58.0 Å². The Balaban J connectivity index is 2.04. The normalized spacial score (nSPS) is 12.7. The van der Waals surface area contributed by atoms with Gasteiger partial charge in [0.1, 0.15) is 6.04 Å². The molecular formula is C30H35Cl2N3O4S. The number of benzene rings is 3. The average molecular weight is 605 g/mol. The van der Waals surface area contributed by atoms with Crippen molar-refractivity contribution in [3.63, 3.8) is 0 Å². The Morgan fingerprint density at radius 2 is 1.48 bits per heavy atom. The van der Waals surface area contributed by atoms with Crippen LogP contribution < -0.4 is 5.32 Å². The predicted octanol–water partition coefficient (Wildman–Crippen LogP) is 5.48. The van der Waals surface area contributed by atoms with E-state index in [1.54, 1.807) is 30.3 Å². The second-order valence-electron chi connectivity index (χ2n) is 10.7. The van der Waals surface area contributed by atoms with Crippen LogP contribution in [0.3, 0.4) is 0 Å². The molecule has 1 atom stereocenters. The minimum Gasteiger partial charge on any atom is -0.350 e. The number of hydrogen-bond acceptors (Lipinski definition) is 4. The lowest BCUT2D eigenvalue weighted by molar-refractivity contribution is -0.141. The first kappa shape index (κ1) is 31.6. The molecular weight excluding hydrogens is 569 g/mol. The van der Waals surface area contributed by atoms with Gasteiger partial charge in [0.25, 0.3) is 0 Å². The van der Waals surface area contributed by atoms with Crippen molar-refractivity contribution in [1.82, 2.24) is 14.5 Å². The van der Waals surface area contributed by atoms with E-state index in [0.717, 1.165) is 15.4 Å². The third-order valence-electron chi connectivity index (χ3n) is 6.25. The van der Waals surface area contributed by atoms with E-state index in [4.69, 9.17) is 23.2 Å². The lowest BCUT2D eigenvalue weighted by Crippen LogP contribution is -2.56. The van der Waals surface area contributed by atoms with Gasteiger partial charge in [-0.1, -0.05) is 77.3 Å². The highest BCUT2D eigenvalue weighted by Crippen LogP contribution is 2.28. The van der Waals surface area contributed by atoms with E-state index in [2.05, 4.69) is 5.32 Å². The fourth-order valence-corrected chi connectivity index (χ4v) is 5.75. The molecule has 0 saturated carbocycles. The quantitative estimate of drug-likeness (QED) is 0.332. The molecule has 0 spiro atoms. The molecule has 0 fully saturated rings. The molecule has 0 saturated heterocycles. The van der Waals surface area contributed by atoms with Gasteiger partial charge in [0.05, 0.1) is 11.4 Å². The zero-order chi connectivity index (χ0) is 29.7. The van der Waals surface area contributed by atoms with Crippen LogP contribution in [-0.4, -0.2) is 54.6 Å². The SMILES string of the molecule is Cc1ccc(S(=O)(=O)N(C)CC(=O)N(Cc2c(Cl)cccc2Cl)[C@@H](Cc2ccccc2)C(=O)NC(C)(C)C)cc1. The molecule has 2 amide bonds. The number of aryl methyl sites for hydroxylation is 1. The van der Waals surface area contributed by atoms with E-state index >= 15 is 0 Å². The number of nitrogens with one attached hydrogen (secondary N) is 1. The van der Waals surface area contributed by atoms with Gasteiger partial charge >= 0.3 is 0 Å². The molecule has 0 aromatic heterocycles.